The van der Waals surface area contributed by atoms with Crippen molar-refractivity contribution < 1.29 is 9.53 Å². The van der Waals surface area contributed by atoms with Crippen molar-refractivity contribution in [3.63, 3.8) is 0 Å². The average molecular weight is 261 g/mol. The number of ether oxygens (including phenoxy) is 1. The van der Waals surface area contributed by atoms with Crippen LogP contribution in [0.1, 0.15) is 49.7 Å². The Kier molecular flexibility index (Phi) is 4.83. The summed E-state index contributed by atoms with van der Waals surface area (Å²) in [6.45, 7) is 2.80. The molecule has 1 N–H and O–H groups in total. The Labute approximate surface area is 115 Å². The minimum absolute atomic E-state index is 0.173. The van der Waals surface area contributed by atoms with E-state index in [-0.39, 0.29) is 5.91 Å². The molecule has 1 amide bonds. The lowest BCUT2D eigenvalue weighted by molar-refractivity contribution is -0.121. The zero-order chi connectivity index (χ0) is 13.7. The van der Waals surface area contributed by atoms with E-state index in [4.69, 9.17) is 4.74 Å². The first-order valence-electron chi connectivity index (χ1n) is 7.18. The number of nitrogens with one attached hydrogen (secondary N) is 1. The van der Waals surface area contributed by atoms with Gasteiger partial charge in [-0.2, -0.15) is 0 Å². The van der Waals surface area contributed by atoms with Crippen molar-refractivity contribution in [3.05, 3.63) is 29.3 Å². The molecule has 0 unspecified atom stereocenters. The second-order valence-corrected chi connectivity index (χ2v) is 5.19. The highest BCUT2D eigenvalue weighted by atomic mass is 16.5. The number of benzene rings is 1. The van der Waals surface area contributed by atoms with E-state index in [9.17, 15) is 4.79 Å². The van der Waals surface area contributed by atoms with Gasteiger partial charge in [-0.25, -0.2) is 0 Å². The first-order chi connectivity index (χ1) is 9.24. The van der Waals surface area contributed by atoms with E-state index in [0.29, 0.717) is 12.3 Å². The Morgan fingerprint density at radius 2 is 2.32 bits per heavy atom. The highest BCUT2D eigenvalue weighted by Gasteiger charge is 2.22. The molecule has 3 nitrogen and oxygen atoms in total. The van der Waals surface area contributed by atoms with Gasteiger partial charge >= 0.3 is 0 Å². The third-order valence-electron chi connectivity index (χ3n) is 3.85. The number of carbonyl (C=O) groups is 1. The van der Waals surface area contributed by atoms with Crippen LogP contribution < -0.4 is 10.1 Å². The summed E-state index contributed by atoms with van der Waals surface area (Å²) in [5.41, 5.74) is 2.84. The molecule has 0 fully saturated rings. The van der Waals surface area contributed by atoms with Crippen molar-refractivity contribution >= 4 is 5.91 Å². The highest BCUT2D eigenvalue weighted by Crippen LogP contribution is 2.37. The molecule has 1 aromatic carbocycles. The molecular weight excluding hydrogens is 238 g/mol. The van der Waals surface area contributed by atoms with Crippen molar-refractivity contribution in [2.75, 3.05) is 13.7 Å². The molecule has 104 valence electrons. The molecule has 0 saturated heterocycles. The highest BCUT2D eigenvalue weighted by molar-refractivity contribution is 5.75. The predicted molar refractivity (Wildman–Crippen MR) is 76.6 cm³/mol. The van der Waals surface area contributed by atoms with Gasteiger partial charge in [-0.15, -0.1) is 0 Å². The quantitative estimate of drug-likeness (QED) is 0.854. The minimum Gasteiger partial charge on any atom is -0.497 e. The third kappa shape index (κ3) is 3.49. The summed E-state index contributed by atoms with van der Waals surface area (Å²) in [4.78, 5) is 11.4. The second-order valence-electron chi connectivity index (χ2n) is 5.19. The summed E-state index contributed by atoms with van der Waals surface area (Å²) in [5, 5.41) is 3.00. The second kappa shape index (κ2) is 6.60. The van der Waals surface area contributed by atoms with Gasteiger partial charge in [-0.1, -0.05) is 13.0 Å². The van der Waals surface area contributed by atoms with Gasteiger partial charge in [-0.05, 0) is 54.9 Å². The lowest BCUT2D eigenvalue weighted by Crippen LogP contribution is -2.24. The summed E-state index contributed by atoms with van der Waals surface area (Å²) in [7, 11) is 1.71. The zero-order valence-electron chi connectivity index (χ0n) is 11.9. The maximum atomic E-state index is 11.4. The lowest BCUT2D eigenvalue weighted by Gasteiger charge is -2.13. The number of carbonyl (C=O) groups excluding carboxylic acids is 1. The Balaban J connectivity index is 1.89. The lowest BCUT2D eigenvalue weighted by atomic mass is 9.97. The van der Waals surface area contributed by atoms with Gasteiger partial charge in [-0.3, -0.25) is 4.79 Å². The largest absolute Gasteiger partial charge is 0.497 e. The minimum atomic E-state index is 0.173. The van der Waals surface area contributed by atoms with E-state index in [1.54, 1.807) is 7.11 Å². The summed E-state index contributed by atoms with van der Waals surface area (Å²) < 4.78 is 5.29. The Morgan fingerprint density at radius 1 is 1.47 bits per heavy atom. The van der Waals surface area contributed by atoms with E-state index in [0.717, 1.165) is 31.6 Å². The average Bonchev–Trinajstić information content (AvgIpc) is 2.81. The van der Waals surface area contributed by atoms with Crippen LogP contribution in [0.5, 0.6) is 5.75 Å². The smallest absolute Gasteiger partial charge is 0.219 e. The molecule has 1 aromatic rings. The van der Waals surface area contributed by atoms with Crippen LogP contribution in [0.3, 0.4) is 0 Å². The summed E-state index contributed by atoms with van der Waals surface area (Å²) >= 11 is 0. The van der Waals surface area contributed by atoms with E-state index < -0.39 is 0 Å². The molecule has 0 saturated carbocycles. The van der Waals surface area contributed by atoms with Crippen molar-refractivity contribution in [2.24, 2.45) is 0 Å². The molecule has 0 spiro atoms. The summed E-state index contributed by atoms with van der Waals surface area (Å²) in [6, 6.07) is 6.36. The van der Waals surface area contributed by atoms with Gasteiger partial charge in [0.05, 0.1) is 7.11 Å². The van der Waals surface area contributed by atoms with Crippen LogP contribution in [0.25, 0.3) is 0 Å². The molecule has 0 radical (unpaired) electrons. The first-order valence-corrected chi connectivity index (χ1v) is 7.18. The number of hydrogen-bond donors (Lipinski definition) is 1. The number of methoxy groups -OCH3 is 1. The SMILES string of the molecule is CCCC(=O)NCC[C@H]1CCc2ccc(OC)cc21. The van der Waals surface area contributed by atoms with E-state index >= 15 is 0 Å². The molecule has 2 rings (SSSR count). The van der Waals surface area contributed by atoms with Gasteiger partial charge in [0.1, 0.15) is 5.75 Å². The standard InChI is InChI=1S/C16H23NO2/c1-3-4-16(18)17-10-9-13-6-5-12-7-8-14(19-2)11-15(12)13/h7-8,11,13H,3-6,9-10H2,1-2H3,(H,17,18)/t13-/m1/s1. The van der Waals surface area contributed by atoms with Gasteiger partial charge in [0.2, 0.25) is 5.91 Å². The summed E-state index contributed by atoms with van der Waals surface area (Å²) in [5.74, 6) is 1.67. The molecule has 0 aromatic heterocycles. The molecule has 0 aliphatic heterocycles. The number of fused-ring (bicyclic) bond motifs is 1. The molecular formula is C16H23NO2. The fourth-order valence-electron chi connectivity index (χ4n) is 2.79. The normalized spacial score (nSPS) is 17.1. The molecule has 1 atom stereocenters. The van der Waals surface area contributed by atoms with Gasteiger partial charge in [0.25, 0.3) is 0 Å². The van der Waals surface area contributed by atoms with Gasteiger partial charge < -0.3 is 10.1 Å². The van der Waals surface area contributed by atoms with E-state index in [2.05, 4.69) is 17.4 Å². The van der Waals surface area contributed by atoms with Crippen LogP contribution in [0.15, 0.2) is 18.2 Å². The summed E-state index contributed by atoms with van der Waals surface area (Å²) in [6.07, 6.45) is 4.90. The predicted octanol–water partition coefficient (Wildman–Crippen LogP) is 3.03. The van der Waals surface area contributed by atoms with Crippen molar-refractivity contribution in [2.45, 2.75) is 44.9 Å². The molecule has 0 bridgehead atoms. The maximum absolute atomic E-state index is 11.4. The topological polar surface area (TPSA) is 38.3 Å². The fraction of sp³-hybridized carbons (Fsp3) is 0.562. The van der Waals surface area contributed by atoms with Crippen molar-refractivity contribution in [1.29, 1.82) is 0 Å². The van der Waals surface area contributed by atoms with Crippen molar-refractivity contribution in [3.8, 4) is 5.75 Å². The molecule has 19 heavy (non-hydrogen) atoms. The van der Waals surface area contributed by atoms with E-state index in [1.165, 1.54) is 17.5 Å². The Bertz CT molecular complexity index is 442. The third-order valence-corrected chi connectivity index (χ3v) is 3.85. The molecule has 1 aliphatic rings. The maximum Gasteiger partial charge on any atom is 0.219 e. The van der Waals surface area contributed by atoms with Crippen LogP contribution in [0.2, 0.25) is 0 Å². The Morgan fingerprint density at radius 3 is 3.05 bits per heavy atom. The van der Waals surface area contributed by atoms with Crippen LogP contribution in [0, 0.1) is 0 Å². The molecule has 1 aliphatic carbocycles. The first kappa shape index (κ1) is 13.9. The number of rotatable bonds is 6. The van der Waals surface area contributed by atoms with E-state index in [1.807, 2.05) is 13.0 Å². The van der Waals surface area contributed by atoms with Crippen molar-refractivity contribution in [1.82, 2.24) is 5.32 Å². The van der Waals surface area contributed by atoms with Crippen LogP contribution in [-0.4, -0.2) is 19.6 Å². The zero-order valence-corrected chi connectivity index (χ0v) is 11.9. The number of amides is 1. The number of hydrogen-bond acceptors (Lipinski definition) is 2. The van der Waals surface area contributed by atoms with Gasteiger partial charge in [0.15, 0.2) is 0 Å². The van der Waals surface area contributed by atoms with Gasteiger partial charge in [0, 0.05) is 13.0 Å². The Hall–Kier alpha value is -1.51. The monoisotopic (exact) mass is 261 g/mol. The molecule has 3 heteroatoms. The fourth-order valence-corrected chi connectivity index (χ4v) is 2.79. The van der Waals surface area contributed by atoms with Crippen LogP contribution in [-0.2, 0) is 11.2 Å². The van der Waals surface area contributed by atoms with Crippen LogP contribution >= 0.6 is 0 Å². The number of aryl methyl sites for hydroxylation is 1. The van der Waals surface area contributed by atoms with Crippen LogP contribution in [0.4, 0.5) is 0 Å². The molecule has 0 heterocycles.